The predicted octanol–water partition coefficient (Wildman–Crippen LogP) is 3.89. The molecule has 120 valence electrons. The highest BCUT2D eigenvalue weighted by molar-refractivity contribution is 5.38. The molecule has 0 radical (unpaired) electrons. The maximum atomic E-state index is 9.32. The summed E-state index contributed by atoms with van der Waals surface area (Å²) in [6.45, 7) is 5.06. The number of aromatic nitrogens is 2. The van der Waals surface area contributed by atoms with E-state index in [2.05, 4.69) is 18.9 Å². The highest BCUT2D eigenvalue weighted by Gasteiger charge is 2.09. The standard InChI is InChI=1S/C18H26N2O2/c1-3-5-7-17-13-15(14-21)19-20(17)16-8-10-18(11-9-16)22-12-6-4-2/h8-11,13,21H,3-7,12,14H2,1-2H3. The van der Waals surface area contributed by atoms with Gasteiger partial charge in [-0.1, -0.05) is 26.7 Å². The van der Waals surface area contributed by atoms with Gasteiger partial charge in [0.1, 0.15) is 5.75 Å². The molecule has 0 atom stereocenters. The summed E-state index contributed by atoms with van der Waals surface area (Å²) in [5.74, 6) is 0.891. The number of aliphatic hydroxyl groups is 1. The van der Waals surface area contributed by atoms with Crippen LogP contribution in [0.4, 0.5) is 0 Å². The molecule has 0 unspecified atom stereocenters. The van der Waals surface area contributed by atoms with Gasteiger partial charge in [0.05, 0.1) is 24.6 Å². The van der Waals surface area contributed by atoms with Crippen LogP contribution in [0.2, 0.25) is 0 Å². The molecule has 1 aromatic heterocycles. The molecule has 22 heavy (non-hydrogen) atoms. The van der Waals surface area contributed by atoms with Gasteiger partial charge in [0, 0.05) is 5.69 Å². The number of hydrogen-bond donors (Lipinski definition) is 1. The molecule has 0 saturated heterocycles. The molecule has 0 aliphatic carbocycles. The fourth-order valence-corrected chi connectivity index (χ4v) is 2.33. The van der Waals surface area contributed by atoms with Crippen LogP contribution < -0.4 is 4.74 Å². The molecule has 0 fully saturated rings. The van der Waals surface area contributed by atoms with E-state index in [4.69, 9.17) is 4.74 Å². The van der Waals surface area contributed by atoms with Gasteiger partial charge in [-0.3, -0.25) is 0 Å². The number of aryl methyl sites for hydroxylation is 1. The molecule has 2 aromatic rings. The van der Waals surface area contributed by atoms with Crippen molar-refractivity contribution >= 4 is 0 Å². The van der Waals surface area contributed by atoms with Gasteiger partial charge >= 0.3 is 0 Å². The molecule has 0 aliphatic heterocycles. The van der Waals surface area contributed by atoms with Gasteiger partial charge in [-0.2, -0.15) is 5.10 Å². The lowest BCUT2D eigenvalue weighted by atomic mass is 10.2. The second kappa shape index (κ2) is 8.59. The third-order valence-electron chi connectivity index (χ3n) is 3.63. The molecule has 0 aliphatic rings. The van der Waals surface area contributed by atoms with E-state index in [-0.39, 0.29) is 6.61 Å². The molecule has 0 bridgehead atoms. The lowest BCUT2D eigenvalue weighted by Gasteiger charge is -2.09. The van der Waals surface area contributed by atoms with Gasteiger partial charge in [0.2, 0.25) is 0 Å². The van der Waals surface area contributed by atoms with Crippen LogP contribution in [0.3, 0.4) is 0 Å². The SMILES string of the molecule is CCCCOc1ccc(-n2nc(CO)cc2CCCC)cc1. The highest BCUT2D eigenvalue weighted by atomic mass is 16.5. The second-order valence-corrected chi connectivity index (χ2v) is 5.50. The van der Waals surface area contributed by atoms with E-state index in [1.807, 2.05) is 35.0 Å². The van der Waals surface area contributed by atoms with Crippen LogP contribution in [0, 0.1) is 0 Å². The summed E-state index contributed by atoms with van der Waals surface area (Å²) < 4.78 is 7.62. The van der Waals surface area contributed by atoms with Crippen LogP contribution in [0.15, 0.2) is 30.3 Å². The summed E-state index contributed by atoms with van der Waals surface area (Å²) in [4.78, 5) is 0. The second-order valence-electron chi connectivity index (χ2n) is 5.50. The van der Waals surface area contributed by atoms with E-state index < -0.39 is 0 Å². The number of aliphatic hydroxyl groups excluding tert-OH is 1. The van der Waals surface area contributed by atoms with E-state index in [1.165, 1.54) is 0 Å². The van der Waals surface area contributed by atoms with E-state index in [0.29, 0.717) is 0 Å². The zero-order valence-electron chi connectivity index (χ0n) is 13.6. The minimum Gasteiger partial charge on any atom is -0.494 e. The fourth-order valence-electron chi connectivity index (χ4n) is 2.33. The average Bonchev–Trinajstić information content (AvgIpc) is 2.97. The Labute approximate surface area is 132 Å². The number of ether oxygens (including phenoxy) is 1. The maximum absolute atomic E-state index is 9.32. The van der Waals surface area contributed by atoms with Crippen LogP contribution in [0.25, 0.3) is 5.69 Å². The van der Waals surface area contributed by atoms with Gasteiger partial charge in [-0.25, -0.2) is 4.68 Å². The molecule has 0 spiro atoms. The summed E-state index contributed by atoms with van der Waals surface area (Å²) in [5.41, 5.74) is 2.87. The van der Waals surface area contributed by atoms with Crippen LogP contribution in [0.5, 0.6) is 5.75 Å². The van der Waals surface area contributed by atoms with Gasteiger partial charge in [0.15, 0.2) is 0 Å². The molecule has 1 aromatic carbocycles. The number of unbranched alkanes of at least 4 members (excludes halogenated alkanes) is 2. The zero-order valence-corrected chi connectivity index (χ0v) is 13.6. The van der Waals surface area contributed by atoms with Gasteiger partial charge in [0.25, 0.3) is 0 Å². The van der Waals surface area contributed by atoms with Crippen LogP contribution in [-0.4, -0.2) is 21.5 Å². The van der Waals surface area contributed by atoms with Crippen molar-refractivity contribution in [2.24, 2.45) is 0 Å². The molecular weight excluding hydrogens is 276 g/mol. The van der Waals surface area contributed by atoms with Crippen LogP contribution in [-0.2, 0) is 13.0 Å². The first-order valence-corrected chi connectivity index (χ1v) is 8.20. The smallest absolute Gasteiger partial charge is 0.119 e. The molecule has 1 heterocycles. The van der Waals surface area contributed by atoms with Crippen molar-refractivity contribution in [3.05, 3.63) is 41.7 Å². The summed E-state index contributed by atoms with van der Waals surface area (Å²) in [5, 5.41) is 13.8. The monoisotopic (exact) mass is 302 g/mol. The molecule has 0 amide bonds. The number of hydrogen-bond acceptors (Lipinski definition) is 3. The lowest BCUT2D eigenvalue weighted by molar-refractivity contribution is 0.276. The highest BCUT2D eigenvalue weighted by Crippen LogP contribution is 2.19. The Morgan fingerprint density at radius 1 is 1.09 bits per heavy atom. The molecule has 0 saturated carbocycles. The molecule has 1 N–H and O–H groups in total. The van der Waals surface area contributed by atoms with Crippen molar-refractivity contribution < 1.29 is 9.84 Å². The normalized spacial score (nSPS) is 10.9. The Hall–Kier alpha value is -1.81. The summed E-state index contributed by atoms with van der Waals surface area (Å²) in [6, 6.07) is 9.99. The Bertz CT molecular complexity index is 561. The van der Waals surface area contributed by atoms with Gasteiger partial charge < -0.3 is 9.84 Å². The molecule has 4 nitrogen and oxygen atoms in total. The number of rotatable bonds is 9. The first kappa shape index (κ1) is 16.6. The predicted molar refractivity (Wildman–Crippen MR) is 88.5 cm³/mol. The minimum absolute atomic E-state index is 0.0235. The van der Waals surface area contributed by atoms with Crippen LogP contribution in [0.1, 0.15) is 50.9 Å². The lowest BCUT2D eigenvalue weighted by Crippen LogP contribution is -2.03. The third-order valence-corrected chi connectivity index (χ3v) is 3.63. The Balaban J connectivity index is 2.14. The van der Waals surface area contributed by atoms with Crippen molar-refractivity contribution in [2.45, 2.75) is 52.6 Å². The van der Waals surface area contributed by atoms with Crippen molar-refractivity contribution in [2.75, 3.05) is 6.61 Å². The third kappa shape index (κ3) is 4.34. The summed E-state index contributed by atoms with van der Waals surface area (Å²) >= 11 is 0. The zero-order chi connectivity index (χ0) is 15.8. The number of benzene rings is 1. The maximum Gasteiger partial charge on any atom is 0.119 e. The fraction of sp³-hybridized carbons (Fsp3) is 0.500. The Kier molecular flexibility index (Phi) is 6.46. The van der Waals surface area contributed by atoms with Crippen LogP contribution >= 0.6 is 0 Å². The van der Waals surface area contributed by atoms with Crippen molar-refractivity contribution in [1.29, 1.82) is 0 Å². The topological polar surface area (TPSA) is 47.3 Å². The molecule has 2 rings (SSSR count). The van der Waals surface area contributed by atoms with E-state index in [9.17, 15) is 5.11 Å². The first-order chi connectivity index (χ1) is 10.8. The summed E-state index contributed by atoms with van der Waals surface area (Å²) in [6.07, 6.45) is 5.44. The van der Waals surface area contributed by atoms with Gasteiger partial charge in [-0.15, -0.1) is 0 Å². The Morgan fingerprint density at radius 2 is 1.82 bits per heavy atom. The first-order valence-electron chi connectivity index (χ1n) is 8.20. The number of nitrogens with zero attached hydrogens (tertiary/aromatic N) is 2. The van der Waals surface area contributed by atoms with Crippen molar-refractivity contribution in [3.8, 4) is 11.4 Å². The van der Waals surface area contributed by atoms with E-state index >= 15 is 0 Å². The van der Waals surface area contributed by atoms with Crippen molar-refractivity contribution in [3.63, 3.8) is 0 Å². The summed E-state index contributed by atoms with van der Waals surface area (Å²) in [7, 11) is 0. The average molecular weight is 302 g/mol. The Morgan fingerprint density at radius 3 is 2.45 bits per heavy atom. The van der Waals surface area contributed by atoms with E-state index in [0.717, 1.165) is 61.5 Å². The quantitative estimate of drug-likeness (QED) is 0.715. The molecular formula is C18H26N2O2. The molecule has 4 heteroatoms. The van der Waals surface area contributed by atoms with Gasteiger partial charge in [-0.05, 0) is 49.6 Å². The van der Waals surface area contributed by atoms with Crippen molar-refractivity contribution in [1.82, 2.24) is 9.78 Å². The van der Waals surface area contributed by atoms with E-state index in [1.54, 1.807) is 0 Å². The largest absolute Gasteiger partial charge is 0.494 e. The minimum atomic E-state index is -0.0235.